The first-order chi connectivity index (χ1) is 9.52. The van der Waals surface area contributed by atoms with Crippen LogP contribution in [0.4, 0.5) is 10.2 Å². The third-order valence-electron chi connectivity index (χ3n) is 2.58. The minimum Gasteiger partial charge on any atom is -0.324 e. The molecule has 0 unspecified atom stereocenters. The third kappa shape index (κ3) is 2.60. The van der Waals surface area contributed by atoms with Crippen molar-refractivity contribution in [2.45, 2.75) is 6.92 Å². The van der Waals surface area contributed by atoms with Crippen molar-refractivity contribution in [3.05, 3.63) is 40.5 Å². The topological polar surface area (TPSA) is 96.2 Å². The molecular formula is C11H11FN6O2. The van der Waals surface area contributed by atoms with Crippen LogP contribution >= 0.6 is 0 Å². The fourth-order valence-electron chi connectivity index (χ4n) is 1.40. The average molecular weight is 278 g/mol. The number of aldehydes is 1. The highest BCUT2D eigenvalue weighted by Crippen LogP contribution is 2.07. The van der Waals surface area contributed by atoms with Gasteiger partial charge in [0.25, 0.3) is 5.56 Å². The van der Waals surface area contributed by atoms with Crippen LogP contribution in [-0.4, -0.2) is 39.0 Å². The Morgan fingerprint density at radius 1 is 1.55 bits per heavy atom. The molecule has 104 valence electrons. The van der Waals surface area contributed by atoms with E-state index in [1.807, 2.05) is 0 Å². The van der Waals surface area contributed by atoms with Crippen LogP contribution < -0.4 is 10.5 Å². The molecule has 8 nitrogen and oxygen atoms in total. The molecule has 0 atom stereocenters. The summed E-state index contributed by atoms with van der Waals surface area (Å²) in [4.78, 5) is 30.5. The summed E-state index contributed by atoms with van der Waals surface area (Å²) < 4.78 is 13.2. The number of hydrogen-bond donors (Lipinski definition) is 1. The Balaban J connectivity index is 2.32. The summed E-state index contributed by atoms with van der Waals surface area (Å²) in [6.45, 7) is 1.63. The maximum absolute atomic E-state index is 13.2. The monoisotopic (exact) mass is 278 g/mol. The van der Waals surface area contributed by atoms with Crippen LogP contribution in [0, 0.1) is 5.82 Å². The molecule has 2 aromatic rings. The van der Waals surface area contributed by atoms with E-state index in [1.165, 1.54) is 6.20 Å². The van der Waals surface area contributed by atoms with Crippen LogP contribution in [0.15, 0.2) is 28.5 Å². The number of nitrogens with one attached hydrogen (secondary N) is 1. The molecule has 0 spiro atoms. The lowest BCUT2D eigenvalue weighted by molar-refractivity contribution is 0.111. The van der Waals surface area contributed by atoms with Crippen molar-refractivity contribution in [3.8, 4) is 0 Å². The van der Waals surface area contributed by atoms with Crippen LogP contribution in [0.1, 0.15) is 17.4 Å². The average Bonchev–Trinajstić information content (AvgIpc) is 2.79. The van der Waals surface area contributed by atoms with Crippen molar-refractivity contribution in [2.24, 2.45) is 5.10 Å². The summed E-state index contributed by atoms with van der Waals surface area (Å²) in [5.74, 6) is 0.0863. The number of anilines is 1. The molecular weight excluding hydrogens is 267 g/mol. The number of hydrogen-bond acceptors (Lipinski definition) is 5. The minimum absolute atomic E-state index is 0.271. The molecule has 0 fully saturated rings. The van der Waals surface area contributed by atoms with E-state index in [1.54, 1.807) is 18.9 Å². The van der Waals surface area contributed by atoms with Crippen LogP contribution in [0.3, 0.4) is 0 Å². The standard InChI is InChI=1S/C11H11FN6O2/c1-7(16-18-9(6-19)8(12)3-15-18)17(2)10-4-14-11(20)5-13-10/h3-6H,1-2H3,(H,14,20)/b16-7-. The number of rotatable bonds is 3. The first-order valence-corrected chi connectivity index (χ1v) is 5.55. The normalized spacial score (nSPS) is 11.4. The van der Waals surface area contributed by atoms with Gasteiger partial charge in [-0.2, -0.15) is 5.10 Å². The van der Waals surface area contributed by atoms with E-state index in [0.717, 1.165) is 17.2 Å². The van der Waals surface area contributed by atoms with E-state index in [-0.39, 0.29) is 11.3 Å². The fraction of sp³-hybridized carbons (Fsp3) is 0.182. The zero-order valence-electron chi connectivity index (χ0n) is 10.7. The van der Waals surface area contributed by atoms with Gasteiger partial charge in [0.15, 0.2) is 17.8 Å². The first-order valence-electron chi connectivity index (χ1n) is 5.55. The minimum atomic E-state index is -0.749. The van der Waals surface area contributed by atoms with Gasteiger partial charge in [-0.15, -0.1) is 9.89 Å². The Kier molecular flexibility index (Phi) is 3.69. The number of nitrogens with zero attached hydrogens (tertiary/aromatic N) is 5. The molecule has 9 heteroatoms. The van der Waals surface area contributed by atoms with Crippen molar-refractivity contribution in [1.29, 1.82) is 0 Å². The Hall–Kier alpha value is -2.84. The molecule has 0 aliphatic heterocycles. The van der Waals surface area contributed by atoms with E-state index in [4.69, 9.17) is 0 Å². The Morgan fingerprint density at radius 2 is 2.30 bits per heavy atom. The predicted molar refractivity (Wildman–Crippen MR) is 69.3 cm³/mol. The second-order valence-corrected chi connectivity index (χ2v) is 3.86. The van der Waals surface area contributed by atoms with Gasteiger partial charge in [0, 0.05) is 13.2 Å². The van der Waals surface area contributed by atoms with Crippen molar-refractivity contribution in [2.75, 3.05) is 11.9 Å². The smallest absolute Gasteiger partial charge is 0.266 e. The molecule has 2 heterocycles. The van der Waals surface area contributed by atoms with E-state index in [2.05, 4.69) is 20.2 Å². The van der Waals surface area contributed by atoms with Gasteiger partial charge in [-0.05, 0) is 6.92 Å². The second kappa shape index (κ2) is 5.43. The number of aromatic nitrogens is 4. The van der Waals surface area contributed by atoms with Gasteiger partial charge in [-0.1, -0.05) is 0 Å². The molecule has 0 aliphatic rings. The third-order valence-corrected chi connectivity index (χ3v) is 2.58. The van der Waals surface area contributed by atoms with Crippen molar-refractivity contribution in [1.82, 2.24) is 19.9 Å². The Labute approximate surface area is 112 Å². The summed E-state index contributed by atoms with van der Waals surface area (Å²) in [5, 5.41) is 7.63. The molecule has 2 aromatic heterocycles. The second-order valence-electron chi connectivity index (χ2n) is 3.86. The van der Waals surface area contributed by atoms with Gasteiger partial charge in [0.05, 0.1) is 12.4 Å². The molecule has 0 saturated carbocycles. The quantitative estimate of drug-likeness (QED) is 0.492. The number of H-pyrrole nitrogens is 1. The van der Waals surface area contributed by atoms with Gasteiger partial charge >= 0.3 is 0 Å². The summed E-state index contributed by atoms with van der Waals surface area (Å²) in [6, 6.07) is 0. The predicted octanol–water partition coefficient (Wildman–Crippen LogP) is 0.236. The number of aromatic amines is 1. The van der Waals surface area contributed by atoms with Gasteiger partial charge in [-0.25, -0.2) is 9.37 Å². The maximum Gasteiger partial charge on any atom is 0.266 e. The van der Waals surface area contributed by atoms with Crippen LogP contribution in [-0.2, 0) is 0 Å². The number of amidine groups is 1. The van der Waals surface area contributed by atoms with E-state index >= 15 is 0 Å². The highest BCUT2D eigenvalue weighted by atomic mass is 19.1. The highest BCUT2D eigenvalue weighted by Gasteiger charge is 2.11. The summed E-state index contributed by atoms with van der Waals surface area (Å²) >= 11 is 0. The molecule has 0 radical (unpaired) electrons. The van der Waals surface area contributed by atoms with Crippen LogP contribution in [0.2, 0.25) is 0 Å². The number of halogens is 1. The summed E-state index contributed by atoms with van der Waals surface area (Å²) in [5.41, 5.74) is -0.596. The molecule has 0 amide bonds. The molecule has 0 aromatic carbocycles. The van der Waals surface area contributed by atoms with Gasteiger partial charge < -0.3 is 9.88 Å². The lowest BCUT2D eigenvalue weighted by Crippen LogP contribution is -2.26. The van der Waals surface area contributed by atoms with Crippen LogP contribution in [0.25, 0.3) is 0 Å². The Bertz CT molecular complexity index is 699. The van der Waals surface area contributed by atoms with E-state index in [0.29, 0.717) is 17.9 Å². The van der Waals surface area contributed by atoms with Crippen molar-refractivity contribution in [3.63, 3.8) is 0 Å². The van der Waals surface area contributed by atoms with E-state index < -0.39 is 5.82 Å². The lowest BCUT2D eigenvalue weighted by Gasteiger charge is -2.16. The highest BCUT2D eigenvalue weighted by molar-refractivity contribution is 5.94. The molecule has 0 bridgehead atoms. The number of carbonyl (C=O) groups excluding carboxylic acids is 1. The fourth-order valence-corrected chi connectivity index (χ4v) is 1.40. The van der Waals surface area contributed by atoms with Gasteiger partial charge in [0.1, 0.15) is 11.7 Å². The SMILES string of the molecule is C/C(=N/n1ncc(F)c1C=O)N(C)c1c[nH]c(=O)cn1. The first kappa shape index (κ1) is 13.6. The molecule has 0 aliphatic carbocycles. The van der Waals surface area contributed by atoms with E-state index in [9.17, 15) is 14.0 Å². The maximum atomic E-state index is 13.2. The largest absolute Gasteiger partial charge is 0.324 e. The zero-order valence-corrected chi connectivity index (χ0v) is 10.7. The van der Waals surface area contributed by atoms with Gasteiger partial charge in [0.2, 0.25) is 0 Å². The van der Waals surface area contributed by atoms with Gasteiger partial charge in [-0.3, -0.25) is 9.59 Å². The number of carbonyl (C=O) groups is 1. The summed E-state index contributed by atoms with van der Waals surface area (Å²) in [6.07, 6.45) is 3.77. The van der Waals surface area contributed by atoms with Crippen LogP contribution in [0.5, 0.6) is 0 Å². The molecule has 2 rings (SSSR count). The molecule has 0 saturated heterocycles. The Morgan fingerprint density at radius 3 is 2.90 bits per heavy atom. The zero-order chi connectivity index (χ0) is 14.7. The van der Waals surface area contributed by atoms with Crippen molar-refractivity contribution >= 4 is 17.9 Å². The molecule has 1 N–H and O–H groups in total. The molecule has 20 heavy (non-hydrogen) atoms. The lowest BCUT2D eigenvalue weighted by atomic mass is 10.5. The summed E-state index contributed by atoms with van der Waals surface area (Å²) in [7, 11) is 1.65. The van der Waals surface area contributed by atoms with Crippen molar-refractivity contribution < 1.29 is 9.18 Å².